The van der Waals surface area contributed by atoms with E-state index in [1.807, 2.05) is 20.8 Å². The Morgan fingerprint density at radius 3 is 2.47 bits per heavy atom. The second kappa shape index (κ2) is 6.19. The summed E-state index contributed by atoms with van der Waals surface area (Å²) >= 11 is 0. The molecule has 0 bridgehead atoms. The van der Waals surface area contributed by atoms with Crippen molar-refractivity contribution in [3.63, 3.8) is 0 Å². The summed E-state index contributed by atoms with van der Waals surface area (Å²) in [6.07, 6.45) is 1.47. The van der Waals surface area contributed by atoms with Crippen LogP contribution >= 0.6 is 0 Å². The van der Waals surface area contributed by atoms with Crippen LogP contribution in [0.2, 0.25) is 0 Å². The van der Waals surface area contributed by atoms with Gasteiger partial charge in [0.15, 0.2) is 0 Å². The monoisotopic (exact) mass is 246 g/mol. The van der Waals surface area contributed by atoms with Gasteiger partial charge in [-0.25, -0.2) is 9.18 Å². The van der Waals surface area contributed by atoms with Crippen LogP contribution in [0.15, 0.2) is 0 Å². The van der Waals surface area contributed by atoms with Gasteiger partial charge in [-0.2, -0.15) is 0 Å². The van der Waals surface area contributed by atoms with Gasteiger partial charge in [-0.15, -0.1) is 0 Å². The Labute approximate surface area is 102 Å². The zero-order valence-electron chi connectivity index (χ0n) is 11.0. The van der Waals surface area contributed by atoms with E-state index in [0.29, 0.717) is 25.7 Å². The van der Waals surface area contributed by atoms with Gasteiger partial charge >= 0.3 is 6.09 Å². The Hall–Kier alpha value is -0.840. The first-order valence-corrected chi connectivity index (χ1v) is 6.19. The van der Waals surface area contributed by atoms with E-state index in [0.717, 1.165) is 12.8 Å². The third-order valence-corrected chi connectivity index (χ3v) is 2.67. The van der Waals surface area contributed by atoms with E-state index in [1.165, 1.54) is 0 Å². The summed E-state index contributed by atoms with van der Waals surface area (Å²) in [4.78, 5) is 13.5. The fraction of sp³-hybridized carbons (Fsp3) is 0.917. The number of carbonyl (C=O) groups excluding carboxylic acids is 1. The minimum Gasteiger partial charge on any atom is -0.444 e. The average Bonchev–Trinajstić information content (AvgIpc) is 2.24. The highest BCUT2D eigenvalue weighted by Crippen LogP contribution is 2.15. The van der Waals surface area contributed by atoms with Crippen LogP contribution < -0.4 is 5.32 Å². The van der Waals surface area contributed by atoms with Crippen LogP contribution in [-0.4, -0.2) is 48.9 Å². The Bertz CT molecular complexity index is 245. The first kappa shape index (κ1) is 14.2. The second-order valence-electron chi connectivity index (χ2n) is 5.38. The van der Waals surface area contributed by atoms with Gasteiger partial charge in [0.25, 0.3) is 0 Å². The lowest BCUT2D eigenvalue weighted by Gasteiger charge is -2.33. The molecule has 0 unspecified atom stereocenters. The molecular weight excluding hydrogens is 223 g/mol. The van der Waals surface area contributed by atoms with Crippen molar-refractivity contribution < 1.29 is 13.9 Å². The molecule has 0 aromatic carbocycles. The molecular formula is C12H23FN2O2. The summed E-state index contributed by atoms with van der Waals surface area (Å²) in [5, 5.41) is 3.13. The fourth-order valence-corrected chi connectivity index (χ4v) is 1.85. The minimum absolute atomic E-state index is 0.249. The first-order valence-electron chi connectivity index (χ1n) is 6.19. The molecule has 0 radical (unpaired) electrons. The van der Waals surface area contributed by atoms with Crippen LogP contribution in [0, 0.1) is 0 Å². The van der Waals surface area contributed by atoms with Crippen LogP contribution in [0.1, 0.15) is 33.6 Å². The lowest BCUT2D eigenvalue weighted by atomic mass is 10.1. The molecule has 4 nitrogen and oxygen atoms in total. The lowest BCUT2D eigenvalue weighted by molar-refractivity contribution is 0.0198. The van der Waals surface area contributed by atoms with E-state index in [9.17, 15) is 9.18 Å². The van der Waals surface area contributed by atoms with E-state index in [4.69, 9.17) is 4.74 Å². The van der Waals surface area contributed by atoms with Crippen molar-refractivity contribution in [2.24, 2.45) is 0 Å². The van der Waals surface area contributed by atoms with Gasteiger partial charge in [-0.3, -0.25) is 0 Å². The van der Waals surface area contributed by atoms with Crippen LogP contribution in [0.4, 0.5) is 9.18 Å². The van der Waals surface area contributed by atoms with Crippen molar-refractivity contribution in [1.29, 1.82) is 0 Å². The highest BCUT2D eigenvalue weighted by Gasteiger charge is 2.26. The van der Waals surface area contributed by atoms with Gasteiger partial charge in [0.05, 0.1) is 0 Å². The number of carbonyl (C=O) groups is 1. The van der Waals surface area contributed by atoms with E-state index in [1.54, 1.807) is 4.90 Å². The Morgan fingerprint density at radius 1 is 1.41 bits per heavy atom. The van der Waals surface area contributed by atoms with E-state index >= 15 is 0 Å². The molecule has 1 heterocycles. The molecule has 0 atom stereocenters. The molecule has 0 spiro atoms. The summed E-state index contributed by atoms with van der Waals surface area (Å²) in [5.74, 6) is 0. The highest BCUT2D eigenvalue weighted by atomic mass is 19.1. The maximum absolute atomic E-state index is 12.0. The highest BCUT2D eigenvalue weighted by molar-refractivity contribution is 5.68. The number of alkyl halides is 1. The number of hydrogen-bond donors (Lipinski definition) is 1. The third-order valence-electron chi connectivity index (χ3n) is 2.67. The number of rotatable bonds is 3. The first-order chi connectivity index (χ1) is 7.92. The van der Waals surface area contributed by atoms with Gasteiger partial charge in [-0.1, -0.05) is 0 Å². The number of hydrogen-bond acceptors (Lipinski definition) is 3. The molecule has 1 N–H and O–H groups in total. The number of nitrogens with zero attached hydrogens (tertiary/aromatic N) is 1. The van der Waals surface area contributed by atoms with Crippen LogP contribution in [-0.2, 0) is 4.74 Å². The van der Waals surface area contributed by atoms with Gasteiger partial charge < -0.3 is 15.0 Å². The molecule has 0 saturated carbocycles. The predicted molar refractivity (Wildman–Crippen MR) is 64.8 cm³/mol. The predicted octanol–water partition coefficient (Wildman–Crippen LogP) is 1.95. The van der Waals surface area contributed by atoms with Crippen molar-refractivity contribution in [2.75, 3.05) is 26.3 Å². The zero-order valence-corrected chi connectivity index (χ0v) is 11.0. The summed E-state index contributed by atoms with van der Waals surface area (Å²) in [6.45, 7) is 7.00. The molecule has 100 valence electrons. The van der Waals surface area contributed by atoms with Crippen LogP contribution in [0.5, 0.6) is 0 Å². The van der Waals surface area contributed by atoms with Crippen molar-refractivity contribution in [2.45, 2.75) is 45.3 Å². The lowest BCUT2D eigenvalue weighted by Crippen LogP contribution is -2.46. The largest absolute Gasteiger partial charge is 0.444 e. The standard InChI is InChI=1S/C12H23FN2O2/c1-12(2,3)17-11(16)15-8-4-10(5-9-15)14-7-6-13/h10,14H,4-9H2,1-3H3. The SMILES string of the molecule is CC(C)(C)OC(=O)N1CCC(NCCF)CC1. The number of nitrogens with one attached hydrogen (secondary N) is 1. The molecule has 1 aliphatic rings. The van der Waals surface area contributed by atoms with E-state index < -0.39 is 5.60 Å². The molecule has 1 rings (SSSR count). The Morgan fingerprint density at radius 2 is 2.00 bits per heavy atom. The van der Waals surface area contributed by atoms with Gasteiger partial charge in [-0.05, 0) is 33.6 Å². The molecule has 1 fully saturated rings. The second-order valence-corrected chi connectivity index (χ2v) is 5.38. The van der Waals surface area contributed by atoms with Gasteiger partial charge in [0, 0.05) is 25.7 Å². The minimum atomic E-state index is -0.444. The third kappa shape index (κ3) is 5.35. The fourth-order valence-electron chi connectivity index (χ4n) is 1.85. The molecule has 5 heteroatoms. The zero-order chi connectivity index (χ0) is 12.9. The van der Waals surface area contributed by atoms with Crippen molar-refractivity contribution in [3.05, 3.63) is 0 Å². The van der Waals surface area contributed by atoms with Crippen LogP contribution in [0.25, 0.3) is 0 Å². The summed E-state index contributed by atoms with van der Waals surface area (Å²) in [7, 11) is 0. The van der Waals surface area contributed by atoms with Crippen molar-refractivity contribution in [1.82, 2.24) is 10.2 Å². The molecule has 0 aromatic rings. The van der Waals surface area contributed by atoms with Crippen molar-refractivity contribution >= 4 is 6.09 Å². The molecule has 1 saturated heterocycles. The van der Waals surface area contributed by atoms with Crippen LogP contribution in [0.3, 0.4) is 0 Å². The number of piperidine rings is 1. The van der Waals surface area contributed by atoms with Gasteiger partial charge in [0.2, 0.25) is 0 Å². The van der Waals surface area contributed by atoms with Gasteiger partial charge in [0.1, 0.15) is 12.3 Å². The summed E-state index contributed by atoms with van der Waals surface area (Å²) in [5.41, 5.74) is -0.444. The Balaban J connectivity index is 2.29. The Kier molecular flexibility index (Phi) is 5.18. The molecule has 17 heavy (non-hydrogen) atoms. The normalized spacial score (nSPS) is 18.2. The number of amides is 1. The molecule has 0 aliphatic carbocycles. The van der Waals surface area contributed by atoms with E-state index in [2.05, 4.69) is 5.32 Å². The number of likely N-dealkylation sites (tertiary alicyclic amines) is 1. The molecule has 1 amide bonds. The quantitative estimate of drug-likeness (QED) is 0.827. The molecule has 1 aliphatic heterocycles. The maximum atomic E-state index is 12.0. The summed E-state index contributed by atoms with van der Waals surface area (Å²) < 4.78 is 17.3. The molecule has 0 aromatic heterocycles. The number of halogens is 1. The number of ether oxygens (including phenoxy) is 1. The summed E-state index contributed by atoms with van der Waals surface area (Å²) in [6, 6.07) is 0.324. The maximum Gasteiger partial charge on any atom is 0.410 e. The smallest absolute Gasteiger partial charge is 0.410 e. The topological polar surface area (TPSA) is 41.6 Å². The van der Waals surface area contributed by atoms with Crippen molar-refractivity contribution in [3.8, 4) is 0 Å². The van der Waals surface area contributed by atoms with E-state index in [-0.39, 0.29) is 12.8 Å². The average molecular weight is 246 g/mol.